The van der Waals surface area contributed by atoms with Gasteiger partial charge in [0.15, 0.2) is 0 Å². The van der Waals surface area contributed by atoms with Crippen molar-refractivity contribution in [1.82, 2.24) is 0 Å². The first-order valence-corrected chi connectivity index (χ1v) is 6.37. The molecule has 17 heavy (non-hydrogen) atoms. The summed E-state index contributed by atoms with van der Waals surface area (Å²) in [5.74, 6) is 1.16. The number of hydrogen-bond acceptors (Lipinski definition) is 1. The van der Waals surface area contributed by atoms with Gasteiger partial charge in [-0.05, 0) is 29.9 Å². The van der Waals surface area contributed by atoms with Gasteiger partial charge in [-0.15, -0.1) is 6.58 Å². The van der Waals surface area contributed by atoms with Crippen LogP contribution in [0.15, 0.2) is 30.9 Å². The number of rotatable bonds is 3. The molecule has 1 nitrogen and oxygen atoms in total. The molecular formula is C16H27N. The molecule has 1 heteroatoms. The van der Waals surface area contributed by atoms with E-state index < -0.39 is 0 Å². The van der Waals surface area contributed by atoms with E-state index in [1.165, 1.54) is 16.8 Å². The third-order valence-corrected chi connectivity index (χ3v) is 2.62. The van der Waals surface area contributed by atoms with E-state index in [9.17, 15) is 0 Å². The zero-order valence-electron chi connectivity index (χ0n) is 12.2. The van der Waals surface area contributed by atoms with E-state index in [-0.39, 0.29) is 0 Å². The molecule has 0 amide bonds. The Bertz CT molecular complexity index is 311. The van der Waals surface area contributed by atoms with Gasteiger partial charge in [0.1, 0.15) is 0 Å². The summed E-state index contributed by atoms with van der Waals surface area (Å²) < 4.78 is 0. The Labute approximate surface area is 107 Å². The summed E-state index contributed by atoms with van der Waals surface area (Å²) in [5, 5.41) is 3.33. The molecule has 0 aromatic heterocycles. The number of nitrogens with one attached hydrogen (secondary N) is 1. The van der Waals surface area contributed by atoms with Gasteiger partial charge in [-0.1, -0.05) is 52.0 Å². The molecule has 0 unspecified atom stereocenters. The third-order valence-electron chi connectivity index (χ3n) is 2.62. The minimum atomic E-state index is 0.580. The van der Waals surface area contributed by atoms with Crippen LogP contribution in [-0.2, 0) is 0 Å². The lowest BCUT2D eigenvalue weighted by molar-refractivity contribution is 0.837. The Morgan fingerprint density at radius 3 is 1.65 bits per heavy atom. The average Bonchev–Trinajstić information content (AvgIpc) is 2.28. The first-order chi connectivity index (χ1) is 7.99. The van der Waals surface area contributed by atoms with E-state index in [1.807, 2.05) is 14.0 Å². The molecule has 0 aliphatic carbocycles. The van der Waals surface area contributed by atoms with Crippen LogP contribution in [0.3, 0.4) is 0 Å². The molecule has 0 atom stereocenters. The number of anilines is 1. The molecule has 1 rings (SSSR count). The van der Waals surface area contributed by atoms with Gasteiger partial charge in [-0.25, -0.2) is 0 Å². The maximum Gasteiger partial charge on any atom is 0.0407 e. The molecule has 0 radical (unpaired) electrons. The molecule has 0 aliphatic rings. The van der Waals surface area contributed by atoms with Crippen LogP contribution in [0.2, 0.25) is 0 Å². The third kappa shape index (κ3) is 4.64. The molecule has 96 valence electrons. The SMILES string of the molecule is C=CC.CNc1c(C(C)C)cccc1C(C)C. The molecule has 0 heterocycles. The second kappa shape index (κ2) is 7.94. The number of para-hydroxylation sites is 1. The molecule has 0 fully saturated rings. The van der Waals surface area contributed by atoms with E-state index in [4.69, 9.17) is 0 Å². The zero-order chi connectivity index (χ0) is 13.4. The minimum Gasteiger partial charge on any atom is -0.388 e. The fourth-order valence-electron chi connectivity index (χ4n) is 1.84. The van der Waals surface area contributed by atoms with Crippen molar-refractivity contribution in [2.45, 2.75) is 46.5 Å². The number of allylic oxidation sites excluding steroid dienone is 1. The molecule has 0 aliphatic heterocycles. The minimum absolute atomic E-state index is 0.580. The van der Waals surface area contributed by atoms with Gasteiger partial charge in [-0.2, -0.15) is 0 Å². The van der Waals surface area contributed by atoms with E-state index >= 15 is 0 Å². The largest absolute Gasteiger partial charge is 0.388 e. The molecule has 0 bridgehead atoms. The van der Waals surface area contributed by atoms with Crippen molar-refractivity contribution in [2.75, 3.05) is 12.4 Å². The van der Waals surface area contributed by atoms with Crippen LogP contribution < -0.4 is 5.32 Å². The Balaban J connectivity index is 0.000000770. The molecule has 0 spiro atoms. The van der Waals surface area contributed by atoms with Crippen molar-refractivity contribution in [3.05, 3.63) is 42.0 Å². The van der Waals surface area contributed by atoms with Crippen LogP contribution in [-0.4, -0.2) is 7.05 Å². The smallest absolute Gasteiger partial charge is 0.0407 e. The van der Waals surface area contributed by atoms with E-state index in [0.717, 1.165) is 0 Å². The Hall–Kier alpha value is -1.24. The van der Waals surface area contributed by atoms with Crippen molar-refractivity contribution in [2.24, 2.45) is 0 Å². The highest BCUT2D eigenvalue weighted by molar-refractivity contribution is 5.59. The topological polar surface area (TPSA) is 12.0 Å². The maximum atomic E-state index is 3.36. The zero-order valence-corrected chi connectivity index (χ0v) is 12.2. The van der Waals surface area contributed by atoms with Gasteiger partial charge in [0.05, 0.1) is 0 Å². The molecule has 1 aromatic rings. The monoisotopic (exact) mass is 233 g/mol. The second-order valence-electron chi connectivity index (χ2n) is 4.78. The molecular weight excluding hydrogens is 206 g/mol. The second-order valence-corrected chi connectivity index (χ2v) is 4.78. The first-order valence-electron chi connectivity index (χ1n) is 6.37. The van der Waals surface area contributed by atoms with Crippen LogP contribution in [0.1, 0.15) is 57.6 Å². The first kappa shape index (κ1) is 15.8. The van der Waals surface area contributed by atoms with Crippen molar-refractivity contribution in [3.8, 4) is 0 Å². The summed E-state index contributed by atoms with van der Waals surface area (Å²) in [6, 6.07) is 6.58. The number of hydrogen-bond donors (Lipinski definition) is 1. The fraction of sp³-hybridized carbons (Fsp3) is 0.500. The number of benzene rings is 1. The lowest BCUT2D eigenvalue weighted by Gasteiger charge is -2.18. The van der Waals surface area contributed by atoms with Crippen LogP contribution >= 0.6 is 0 Å². The van der Waals surface area contributed by atoms with Crippen molar-refractivity contribution in [3.63, 3.8) is 0 Å². The highest BCUT2D eigenvalue weighted by atomic mass is 14.8. The summed E-state index contributed by atoms with van der Waals surface area (Å²) >= 11 is 0. The van der Waals surface area contributed by atoms with Crippen molar-refractivity contribution >= 4 is 5.69 Å². The Morgan fingerprint density at radius 2 is 1.41 bits per heavy atom. The summed E-state index contributed by atoms with van der Waals surface area (Å²) in [6.45, 7) is 14.2. The maximum absolute atomic E-state index is 3.36. The Morgan fingerprint density at radius 1 is 1.06 bits per heavy atom. The van der Waals surface area contributed by atoms with Crippen LogP contribution in [0, 0.1) is 0 Å². The quantitative estimate of drug-likeness (QED) is 0.710. The molecule has 0 saturated heterocycles. The fourth-order valence-corrected chi connectivity index (χ4v) is 1.84. The van der Waals surface area contributed by atoms with Gasteiger partial charge in [0.25, 0.3) is 0 Å². The van der Waals surface area contributed by atoms with Crippen molar-refractivity contribution < 1.29 is 0 Å². The van der Waals surface area contributed by atoms with E-state index in [0.29, 0.717) is 11.8 Å². The Kier molecular flexibility index (Phi) is 7.36. The lowest BCUT2D eigenvalue weighted by Crippen LogP contribution is -2.03. The summed E-state index contributed by atoms with van der Waals surface area (Å²) in [7, 11) is 2.01. The van der Waals surface area contributed by atoms with Gasteiger partial charge >= 0.3 is 0 Å². The molecule has 1 N–H and O–H groups in total. The normalized spacial score (nSPS) is 9.88. The van der Waals surface area contributed by atoms with Gasteiger partial charge in [0, 0.05) is 12.7 Å². The van der Waals surface area contributed by atoms with Crippen LogP contribution in [0.25, 0.3) is 0 Å². The lowest BCUT2D eigenvalue weighted by atomic mass is 9.93. The highest BCUT2D eigenvalue weighted by Crippen LogP contribution is 2.31. The van der Waals surface area contributed by atoms with Crippen LogP contribution in [0.4, 0.5) is 5.69 Å². The standard InChI is InChI=1S/C13H21N.C3H6/c1-9(2)11-7-6-8-12(10(3)4)13(11)14-5;1-3-2/h6-10,14H,1-5H3;3H,1H2,2H3. The van der Waals surface area contributed by atoms with Crippen LogP contribution in [0.5, 0.6) is 0 Å². The molecule has 1 aromatic carbocycles. The van der Waals surface area contributed by atoms with Gasteiger partial charge in [0.2, 0.25) is 0 Å². The summed E-state index contributed by atoms with van der Waals surface area (Å²) in [6.07, 6.45) is 1.75. The highest BCUT2D eigenvalue weighted by Gasteiger charge is 2.11. The summed E-state index contributed by atoms with van der Waals surface area (Å²) in [5.41, 5.74) is 4.15. The predicted octanol–water partition coefficient (Wildman–Crippen LogP) is 5.17. The predicted molar refractivity (Wildman–Crippen MR) is 80.0 cm³/mol. The average molecular weight is 233 g/mol. The molecule has 0 saturated carbocycles. The van der Waals surface area contributed by atoms with Gasteiger partial charge < -0.3 is 5.32 Å². The van der Waals surface area contributed by atoms with E-state index in [1.54, 1.807) is 6.08 Å². The van der Waals surface area contributed by atoms with Crippen molar-refractivity contribution in [1.29, 1.82) is 0 Å². The van der Waals surface area contributed by atoms with Gasteiger partial charge in [-0.3, -0.25) is 0 Å². The van der Waals surface area contributed by atoms with E-state index in [2.05, 4.69) is 57.8 Å². The summed E-state index contributed by atoms with van der Waals surface area (Å²) in [4.78, 5) is 0.